The summed E-state index contributed by atoms with van der Waals surface area (Å²) < 4.78 is 0. The van der Waals surface area contributed by atoms with Gasteiger partial charge in [-0.3, -0.25) is 4.79 Å². The van der Waals surface area contributed by atoms with Gasteiger partial charge in [-0.05, 0) is 61.4 Å². The van der Waals surface area contributed by atoms with E-state index in [2.05, 4.69) is 15.3 Å². The molecule has 0 bridgehead atoms. The second-order valence-electron chi connectivity index (χ2n) is 6.16. The number of anilines is 1. The molecule has 2 heterocycles. The molecule has 1 aliphatic rings. The number of nitrogens with zero attached hydrogens (tertiary/aromatic N) is 3. The minimum absolute atomic E-state index is 0.249. The van der Waals surface area contributed by atoms with Crippen LogP contribution in [0.1, 0.15) is 18.4 Å². The number of piperidine rings is 1. The number of benzene rings is 1. The molecule has 1 saturated heterocycles. The van der Waals surface area contributed by atoms with E-state index in [1.807, 2.05) is 25.1 Å². The number of nitrogens with one attached hydrogen (secondary N) is 1. The number of carboxylic acids is 1. The van der Waals surface area contributed by atoms with Crippen LogP contribution in [0.5, 0.6) is 0 Å². The van der Waals surface area contributed by atoms with Crippen molar-refractivity contribution >= 4 is 29.4 Å². The Morgan fingerprint density at radius 1 is 1.31 bits per heavy atom. The van der Waals surface area contributed by atoms with Crippen molar-refractivity contribution in [1.29, 1.82) is 0 Å². The van der Waals surface area contributed by atoms with Crippen molar-refractivity contribution in [1.82, 2.24) is 14.9 Å². The van der Waals surface area contributed by atoms with Crippen LogP contribution >= 0.6 is 11.8 Å². The predicted molar refractivity (Wildman–Crippen MR) is 98.3 cm³/mol. The highest BCUT2D eigenvalue weighted by Crippen LogP contribution is 2.28. The van der Waals surface area contributed by atoms with Crippen LogP contribution in [-0.4, -0.2) is 45.1 Å². The summed E-state index contributed by atoms with van der Waals surface area (Å²) in [6, 6.07) is 7.22. The molecule has 3 rings (SSSR count). The highest BCUT2D eigenvalue weighted by atomic mass is 32.2. The first-order valence-electron chi connectivity index (χ1n) is 8.37. The summed E-state index contributed by atoms with van der Waals surface area (Å²) in [6.45, 7) is 2.75. The number of hydrogen-bond donors (Lipinski definition) is 2. The maximum absolute atomic E-state index is 12.5. The Bertz CT molecular complexity index is 800. The van der Waals surface area contributed by atoms with Crippen LogP contribution in [0.15, 0.2) is 46.7 Å². The number of hydrogen-bond acceptors (Lipinski definition) is 5. The molecule has 7 nitrogen and oxygen atoms in total. The average Bonchev–Trinajstić information content (AvgIpc) is 2.65. The van der Waals surface area contributed by atoms with Crippen molar-refractivity contribution in [3.8, 4) is 0 Å². The predicted octanol–water partition coefficient (Wildman–Crippen LogP) is 3.26. The largest absolute Gasteiger partial charge is 0.481 e. The molecule has 1 fully saturated rings. The molecule has 1 aromatic carbocycles. The number of urea groups is 1. The number of rotatable bonds is 4. The van der Waals surface area contributed by atoms with E-state index in [4.69, 9.17) is 5.11 Å². The van der Waals surface area contributed by atoms with Gasteiger partial charge in [0.1, 0.15) is 0 Å². The maximum Gasteiger partial charge on any atom is 0.321 e. The van der Waals surface area contributed by atoms with Crippen LogP contribution in [0, 0.1) is 12.8 Å². The van der Waals surface area contributed by atoms with E-state index in [-0.39, 0.29) is 12.6 Å². The Balaban J connectivity index is 1.64. The maximum atomic E-state index is 12.5. The van der Waals surface area contributed by atoms with Crippen LogP contribution < -0.4 is 5.32 Å². The van der Waals surface area contributed by atoms with Gasteiger partial charge in [0, 0.05) is 36.1 Å². The Morgan fingerprint density at radius 3 is 2.77 bits per heavy atom. The highest BCUT2D eigenvalue weighted by molar-refractivity contribution is 7.99. The van der Waals surface area contributed by atoms with Gasteiger partial charge >= 0.3 is 12.0 Å². The van der Waals surface area contributed by atoms with Gasteiger partial charge in [-0.25, -0.2) is 14.8 Å². The van der Waals surface area contributed by atoms with E-state index in [9.17, 15) is 9.59 Å². The molecule has 136 valence electrons. The Hall–Kier alpha value is -2.61. The first-order chi connectivity index (χ1) is 12.5. The van der Waals surface area contributed by atoms with Crippen molar-refractivity contribution in [3.63, 3.8) is 0 Å². The van der Waals surface area contributed by atoms with Crippen LogP contribution in [-0.2, 0) is 4.79 Å². The lowest BCUT2D eigenvalue weighted by Gasteiger charge is -2.30. The Labute approximate surface area is 155 Å². The number of aryl methyl sites for hydroxylation is 1. The molecule has 2 aromatic rings. The summed E-state index contributed by atoms with van der Waals surface area (Å²) in [5.74, 6) is -1.33. The fourth-order valence-electron chi connectivity index (χ4n) is 2.84. The quantitative estimate of drug-likeness (QED) is 0.800. The van der Waals surface area contributed by atoms with E-state index in [1.54, 1.807) is 23.4 Å². The number of amides is 2. The molecule has 1 atom stereocenters. The molecular weight excluding hydrogens is 352 g/mol. The van der Waals surface area contributed by atoms with E-state index in [0.29, 0.717) is 30.2 Å². The molecule has 0 spiro atoms. The van der Waals surface area contributed by atoms with Crippen molar-refractivity contribution in [2.24, 2.45) is 5.92 Å². The second-order valence-corrected chi connectivity index (χ2v) is 7.20. The van der Waals surface area contributed by atoms with Crippen molar-refractivity contribution < 1.29 is 14.7 Å². The minimum Gasteiger partial charge on any atom is -0.481 e. The highest BCUT2D eigenvalue weighted by Gasteiger charge is 2.28. The molecule has 0 aliphatic carbocycles. The van der Waals surface area contributed by atoms with Gasteiger partial charge < -0.3 is 15.3 Å². The standard InChI is InChI=1S/C18H20N4O3S/c1-12-10-14(26-17-19-7-3-8-20-17)5-6-15(12)21-18(25)22-9-2-4-13(11-22)16(23)24/h3,5-8,10,13H,2,4,9,11H2,1H3,(H,21,25)(H,23,24). The summed E-state index contributed by atoms with van der Waals surface area (Å²) in [7, 11) is 0. The number of aliphatic carboxylic acids is 1. The zero-order chi connectivity index (χ0) is 18.5. The van der Waals surface area contributed by atoms with Crippen LogP contribution in [0.4, 0.5) is 10.5 Å². The lowest BCUT2D eigenvalue weighted by molar-refractivity contribution is -0.143. The second kappa shape index (κ2) is 8.18. The number of carbonyl (C=O) groups excluding carboxylic acids is 1. The number of carboxylic acid groups (broad SMARTS) is 1. The molecule has 8 heteroatoms. The van der Waals surface area contributed by atoms with Gasteiger partial charge in [-0.1, -0.05) is 0 Å². The minimum atomic E-state index is -0.844. The summed E-state index contributed by atoms with van der Waals surface area (Å²) in [4.78, 5) is 34.5. The topological polar surface area (TPSA) is 95.4 Å². The fourth-order valence-corrected chi connectivity index (χ4v) is 3.65. The van der Waals surface area contributed by atoms with Gasteiger partial charge in [-0.2, -0.15) is 0 Å². The summed E-state index contributed by atoms with van der Waals surface area (Å²) >= 11 is 1.45. The van der Waals surface area contributed by atoms with Gasteiger partial charge in [-0.15, -0.1) is 0 Å². The van der Waals surface area contributed by atoms with Gasteiger partial charge in [0.25, 0.3) is 0 Å². The first kappa shape index (κ1) is 18.2. The van der Waals surface area contributed by atoms with E-state index in [0.717, 1.165) is 10.5 Å². The van der Waals surface area contributed by atoms with Crippen molar-refractivity contribution in [2.45, 2.75) is 29.8 Å². The van der Waals surface area contributed by atoms with Gasteiger partial charge in [0.05, 0.1) is 5.92 Å². The molecule has 1 aliphatic heterocycles. The molecule has 0 radical (unpaired) electrons. The third-order valence-electron chi connectivity index (χ3n) is 4.25. The molecular formula is C18H20N4O3S. The average molecular weight is 372 g/mol. The monoisotopic (exact) mass is 372 g/mol. The number of aromatic nitrogens is 2. The third kappa shape index (κ3) is 4.51. The molecule has 2 N–H and O–H groups in total. The van der Waals surface area contributed by atoms with Crippen molar-refractivity contribution in [3.05, 3.63) is 42.2 Å². The van der Waals surface area contributed by atoms with Crippen LogP contribution in [0.3, 0.4) is 0 Å². The zero-order valence-electron chi connectivity index (χ0n) is 14.4. The molecule has 0 saturated carbocycles. The SMILES string of the molecule is Cc1cc(Sc2ncccn2)ccc1NC(=O)N1CCCC(C(=O)O)C1. The Kier molecular flexibility index (Phi) is 5.72. The lowest BCUT2D eigenvalue weighted by Crippen LogP contribution is -2.44. The third-order valence-corrected chi connectivity index (χ3v) is 5.13. The normalized spacial score (nSPS) is 17.0. The van der Waals surface area contributed by atoms with Gasteiger partial charge in [0.15, 0.2) is 5.16 Å². The van der Waals surface area contributed by atoms with Crippen LogP contribution in [0.25, 0.3) is 0 Å². The molecule has 2 amide bonds. The molecule has 1 unspecified atom stereocenters. The molecule has 26 heavy (non-hydrogen) atoms. The van der Waals surface area contributed by atoms with E-state index in [1.165, 1.54) is 11.8 Å². The van der Waals surface area contributed by atoms with Gasteiger partial charge in [0.2, 0.25) is 0 Å². The summed E-state index contributed by atoms with van der Waals surface area (Å²) in [6.07, 6.45) is 4.71. The van der Waals surface area contributed by atoms with Crippen molar-refractivity contribution in [2.75, 3.05) is 18.4 Å². The molecule has 1 aromatic heterocycles. The number of carbonyl (C=O) groups is 2. The Morgan fingerprint density at radius 2 is 2.08 bits per heavy atom. The first-order valence-corrected chi connectivity index (χ1v) is 9.19. The smallest absolute Gasteiger partial charge is 0.321 e. The fraction of sp³-hybridized carbons (Fsp3) is 0.333. The lowest BCUT2D eigenvalue weighted by atomic mass is 9.99. The van der Waals surface area contributed by atoms with E-state index >= 15 is 0 Å². The van der Waals surface area contributed by atoms with Crippen LogP contribution in [0.2, 0.25) is 0 Å². The zero-order valence-corrected chi connectivity index (χ0v) is 15.2. The summed E-state index contributed by atoms with van der Waals surface area (Å²) in [5, 5.41) is 12.7. The van der Waals surface area contributed by atoms with E-state index < -0.39 is 11.9 Å². The summed E-state index contributed by atoms with van der Waals surface area (Å²) in [5.41, 5.74) is 1.64. The number of likely N-dealkylation sites (tertiary alicyclic amines) is 1.